The molecule has 1 aliphatic heterocycles. The number of likely N-dealkylation sites (N-methyl/N-ethyl adjacent to an activating group) is 1. The number of pyridine rings is 1. The van der Waals surface area contributed by atoms with Crippen molar-refractivity contribution in [2.24, 2.45) is 0 Å². The normalized spacial score (nSPS) is 19.4. The van der Waals surface area contributed by atoms with Crippen LogP contribution in [0.4, 0.5) is 23.8 Å². The predicted octanol–water partition coefficient (Wildman–Crippen LogP) is 3.46. The van der Waals surface area contributed by atoms with Gasteiger partial charge >= 0.3 is 12.3 Å². The topological polar surface area (TPSA) is 85.8 Å². The highest BCUT2D eigenvalue weighted by atomic mass is 19.4. The second-order valence-electron chi connectivity index (χ2n) is 7.28. The molecule has 1 saturated heterocycles. The second kappa shape index (κ2) is 8.54. The van der Waals surface area contributed by atoms with E-state index in [9.17, 15) is 27.9 Å². The summed E-state index contributed by atoms with van der Waals surface area (Å²) < 4.78 is 38.2. The summed E-state index contributed by atoms with van der Waals surface area (Å²) >= 11 is 0. The molecule has 2 heterocycles. The molecule has 1 aromatic carbocycles. The van der Waals surface area contributed by atoms with Crippen LogP contribution < -0.4 is 10.2 Å². The lowest BCUT2D eigenvalue weighted by molar-refractivity contribution is -0.137. The summed E-state index contributed by atoms with van der Waals surface area (Å²) in [6.45, 7) is 4.10. The number of carbonyl (C=O) groups is 2. The monoisotopic (exact) mass is 436 g/mol. The van der Waals surface area contributed by atoms with Crippen LogP contribution in [0.15, 0.2) is 42.6 Å². The first-order chi connectivity index (χ1) is 14.6. The van der Waals surface area contributed by atoms with Crippen molar-refractivity contribution >= 4 is 17.7 Å². The Balaban J connectivity index is 1.84. The number of Topliss-reactive ketones (excluding diaryl/α,β-unsaturated/α-hetero) is 1. The number of anilines is 1. The summed E-state index contributed by atoms with van der Waals surface area (Å²) in [4.78, 5) is 31.5. The van der Waals surface area contributed by atoms with Crippen LogP contribution in [0.25, 0.3) is 11.1 Å². The molecule has 3 rings (SSSR count). The van der Waals surface area contributed by atoms with Crippen molar-refractivity contribution in [3.8, 4) is 11.1 Å². The van der Waals surface area contributed by atoms with Crippen LogP contribution in [0, 0.1) is 0 Å². The molecule has 1 atom stereocenters. The number of carboxylic acid groups (broad SMARTS) is 1. The van der Waals surface area contributed by atoms with E-state index in [-0.39, 0.29) is 18.9 Å². The number of nitrogens with one attached hydrogen (secondary N) is 1. The molecule has 1 amide bonds. The van der Waals surface area contributed by atoms with Crippen LogP contribution in [0.3, 0.4) is 0 Å². The maximum Gasteiger partial charge on any atom is 0.416 e. The van der Waals surface area contributed by atoms with Crippen LogP contribution in [0.1, 0.15) is 19.4 Å². The number of hydrogen-bond acceptors (Lipinski definition) is 5. The predicted molar refractivity (Wildman–Crippen MR) is 109 cm³/mol. The maximum absolute atomic E-state index is 12.7. The van der Waals surface area contributed by atoms with Crippen molar-refractivity contribution in [3.05, 3.63) is 48.2 Å². The lowest BCUT2D eigenvalue weighted by atomic mass is 9.99. The van der Waals surface area contributed by atoms with Gasteiger partial charge in [-0.25, -0.2) is 9.78 Å². The number of aromatic nitrogens is 1. The third-order valence-electron chi connectivity index (χ3n) is 5.37. The fourth-order valence-electron chi connectivity index (χ4n) is 3.77. The number of nitrogens with zero attached hydrogens (tertiary/aromatic N) is 3. The molecule has 1 aromatic heterocycles. The largest absolute Gasteiger partial charge is 0.465 e. The van der Waals surface area contributed by atoms with Crippen molar-refractivity contribution in [3.63, 3.8) is 0 Å². The Morgan fingerprint density at radius 3 is 2.26 bits per heavy atom. The molecule has 0 radical (unpaired) electrons. The van der Waals surface area contributed by atoms with Crippen molar-refractivity contribution in [1.82, 2.24) is 15.2 Å². The lowest BCUT2D eigenvalue weighted by Crippen LogP contribution is -2.73. The maximum atomic E-state index is 12.7. The Morgan fingerprint density at radius 1 is 1.13 bits per heavy atom. The number of piperazine rings is 1. The molecule has 1 fully saturated rings. The number of amides is 1. The Hall–Kier alpha value is -3.14. The van der Waals surface area contributed by atoms with Gasteiger partial charge in [0.2, 0.25) is 0 Å². The highest BCUT2D eigenvalue weighted by Gasteiger charge is 2.48. The molecule has 1 unspecified atom stereocenters. The van der Waals surface area contributed by atoms with Gasteiger partial charge in [0.25, 0.3) is 0 Å². The lowest BCUT2D eigenvalue weighted by Gasteiger charge is -2.48. The summed E-state index contributed by atoms with van der Waals surface area (Å²) in [6, 6.07) is 8.25. The van der Waals surface area contributed by atoms with Gasteiger partial charge in [0.15, 0.2) is 11.4 Å². The standard InChI is InChI=1S/C21H23F3N4O3/c1-3-26-20(14(2)29)13-27(10-11-28(20)19(30)31)18-9-6-16(12-25-18)15-4-7-17(8-5-15)21(22,23)24/h4-9,12,26H,3,10-11,13H2,1-2H3,(H,30,31). The summed E-state index contributed by atoms with van der Waals surface area (Å²) in [5.74, 6) is 0.229. The van der Waals surface area contributed by atoms with Crippen LogP contribution in [0.2, 0.25) is 0 Å². The number of ketones is 1. The average Bonchev–Trinajstić information content (AvgIpc) is 2.73. The van der Waals surface area contributed by atoms with Gasteiger partial charge in [0, 0.05) is 24.8 Å². The van der Waals surface area contributed by atoms with E-state index in [1.165, 1.54) is 19.1 Å². The van der Waals surface area contributed by atoms with Gasteiger partial charge in [-0.3, -0.25) is 15.0 Å². The Kier molecular flexibility index (Phi) is 6.21. The van der Waals surface area contributed by atoms with E-state index < -0.39 is 23.5 Å². The summed E-state index contributed by atoms with van der Waals surface area (Å²) in [5.41, 5.74) is -0.868. The molecular weight excluding hydrogens is 413 g/mol. The van der Waals surface area contributed by atoms with Gasteiger partial charge in [-0.2, -0.15) is 13.2 Å². The molecule has 1 aliphatic rings. The molecule has 2 aromatic rings. The highest BCUT2D eigenvalue weighted by molar-refractivity contribution is 5.90. The minimum absolute atomic E-state index is 0.0924. The molecule has 2 N–H and O–H groups in total. The van der Waals surface area contributed by atoms with E-state index in [4.69, 9.17) is 0 Å². The fraction of sp³-hybridized carbons (Fsp3) is 0.381. The Morgan fingerprint density at radius 2 is 1.77 bits per heavy atom. The number of carbonyl (C=O) groups excluding carboxylic acids is 1. The van der Waals surface area contributed by atoms with E-state index in [2.05, 4.69) is 10.3 Å². The van der Waals surface area contributed by atoms with E-state index in [1.54, 1.807) is 25.3 Å². The average molecular weight is 436 g/mol. The first-order valence-corrected chi connectivity index (χ1v) is 9.74. The molecule has 31 heavy (non-hydrogen) atoms. The quantitative estimate of drug-likeness (QED) is 0.747. The van der Waals surface area contributed by atoms with Gasteiger partial charge in [0.1, 0.15) is 5.82 Å². The van der Waals surface area contributed by atoms with Crippen molar-refractivity contribution in [2.75, 3.05) is 31.1 Å². The number of hydrogen-bond donors (Lipinski definition) is 2. The number of alkyl halides is 3. The fourth-order valence-corrected chi connectivity index (χ4v) is 3.77. The molecule has 10 heteroatoms. The van der Waals surface area contributed by atoms with Crippen molar-refractivity contribution < 1.29 is 27.9 Å². The minimum Gasteiger partial charge on any atom is -0.465 e. The van der Waals surface area contributed by atoms with Gasteiger partial charge in [-0.05, 0) is 43.3 Å². The van der Waals surface area contributed by atoms with E-state index >= 15 is 0 Å². The SMILES string of the molecule is CCNC1(C(C)=O)CN(c2ccc(-c3ccc(C(F)(F)F)cc3)cn2)CCN1C(=O)O. The van der Waals surface area contributed by atoms with Gasteiger partial charge < -0.3 is 10.0 Å². The van der Waals surface area contributed by atoms with Crippen LogP contribution >= 0.6 is 0 Å². The number of benzene rings is 1. The molecule has 0 aliphatic carbocycles. The molecule has 0 spiro atoms. The zero-order valence-electron chi connectivity index (χ0n) is 17.1. The van der Waals surface area contributed by atoms with Gasteiger partial charge in [-0.15, -0.1) is 0 Å². The summed E-state index contributed by atoms with van der Waals surface area (Å²) in [7, 11) is 0. The summed E-state index contributed by atoms with van der Waals surface area (Å²) in [6.07, 6.45) is -4.03. The van der Waals surface area contributed by atoms with E-state index in [0.717, 1.165) is 17.0 Å². The van der Waals surface area contributed by atoms with Crippen LogP contribution in [-0.2, 0) is 11.0 Å². The minimum atomic E-state index is -4.39. The van der Waals surface area contributed by atoms with Crippen molar-refractivity contribution in [1.29, 1.82) is 0 Å². The number of halogens is 3. The Labute approximate surface area is 177 Å². The third-order valence-corrected chi connectivity index (χ3v) is 5.37. The molecule has 7 nitrogen and oxygen atoms in total. The molecule has 0 bridgehead atoms. The van der Waals surface area contributed by atoms with Gasteiger partial charge in [-0.1, -0.05) is 19.1 Å². The van der Waals surface area contributed by atoms with Crippen LogP contribution in [-0.4, -0.2) is 58.7 Å². The smallest absolute Gasteiger partial charge is 0.416 e. The van der Waals surface area contributed by atoms with Crippen molar-refractivity contribution in [2.45, 2.75) is 25.7 Å². The third kappa shape index (κ3) is 4.48. The number of rotatable bonds is 5. The second-order valence-corrected chi connectivity index (χ2v) is 7.28. The van der Waals surface area contributed by atoms with Gasteiger partial charge in [0.05, 0.1) is 12.1 Å². The van der Waals surface area contributed by atoms with E-state index in [0.29, 0.717) is 30.0 Å². The first-order valence-electron chi connectivity index (χ1n) is 9.74. The molecule has 166 valence electrons. The zero-order chi connectivity index (χ0) is 22.8. The summed E-state index contributed by atoms with van der Waals surface area (Å²) in [5, 5.41) is 12.6. The highest BCUT2D eigenvalue weighted by Crippen LogP contribution is 2.31. The first kappa shape index (κ1) is 22.5. The molecular formula is C21H23F3N4O3. The van der Waals surface area contributed by atoms with Crippen LogP contribution in [0.5, 0.6) is 0 Å². The molecule has 0 saturated carbocycles. The zero-order valence-corrected chi connectivity index (χ0v) is 17.1. The van der Waals surface area contributed by atoms with E-state index in [1.807, 2.05) is 4.90 Å². The Bertz CT molecular complexity index is 948.